The Balaban J connectivity index is 2.52. The number of aromatic nitrogens is 1. The Bertz CT molecular complexity index is 2280. The summed E-state index contributed by atoms with van der Waals surface area (Å²) in [6, 6.07) is 3.47. The molecule has 0 saturated heterocycles. The maximum Gasteiger partial charge on any atom is 0.410 e. The van der Waals surface area contributed by atoms with Gasteiger partial charge in [-0.05, 0) is 105 Å². The molecule has 4 amide bonds. The van der Waals surface area contributed by atoms with Gasteiger partial charge in [-0.3, -0.25) is 33.7 Å². The Labute approximate surface area is 422 Å². The Morgan fingerprint density at radius 1 is 0.732 bits per heavy atom. The van der Waals surface area contributed by atoms with Gasteiger partial charge >= 0.3 is 24.0 Å². The molecule has 0 aliphatic carbocycles. The standard InChI is InChI=1S/C54H85N5O12/c1-32(2)40(29-33(3)44(63)55-38(48(67)70-52(10,11)12)27-26-35(60)30-34(25-28-41(61)62)47(66)69-51(7,8)9)58(19)46(65)42(50(4,5)6)56-45(64)43(59(20)49(68)71-53(13,14)15)54(16,17)37-31-57(18)39-24-22-21-23-36(37)39/h21-24,29,31-32,34,38,40,42-43H,25-28,30H2,1-20H3,(H,55,63)(H,56,64)(H,61,62)/b33-29+/t34-,38+,40+,42+,43+/m0/s1. The van der Waals surface area contributed by atoms with Gasteiger partial charge in [-0.15, -0.1) is 0 Å². The molecule has 1 aromatic heterocycles. The first kappa shape index (κ1) is 61.4. The molecule has 0 aliphatic heterocycles. The first-order valence-corrected chi connectivity index (χ1v) is 24.4. The number of carboxylic acid groups (broad SMARTS) is 1. The number of carbonyl (C=O) groups excluding carboxylic acids is 7. The molecule has 1 heterocycles. The summed E-state index contributed by atoms with van der Waals surface area (Å²) in [5, 5.41) is 15.9. The summed E-state index contributed by atoms with van der Waals surface area (Å²) in [7, 11) is 5.00. The lowest BCUT2D eigenvalue weighted by molar-refractivity contribution is -0.162. The summed E-state index contributed by atoms with van der Waals surface area (Å²) in [4.78, 5) is 112. The molecule has 3 N–H and O–H groups in total. The maximum atomic E-state index is 15.0. The Hall–Kier alpha value is -5.74. The van der Waals surface area contributed by atoms with Crippen molar-refractivity contribution >= 4 is 58.4 Å². The summed E-state index contributed by atoms with van der Waals surface area (Å²) in [6.07, 6.45) is 1.57. The molecule has 0 unspecified atom stereocenters. The molecule has 0 saturated carbocycles. The van der Waals surface area contributed by atoms with Crippen LogP contribution in [0.25, 0.3) is 10.9 Å². The molecule has 71 heavy (non-hydrogen) atoms. The van der Waals surface area contributed by atoms with Crippen LogP contribution in [0.4, 0.5) is 4.79 Å². The van der Waals surface area contributed by atoms with Crippen molar-refractivity contribution in [1.29, 1.82) is 0 Å². The quantitative estimate of drug-likeness (QED) is 0.0615. The average Bonchev–Trinajstić information content (AvgIpc) is 3.55. The van der Waals surface area contributed by atoms with Crippen LogP contribution in [0.5, 0.6) is 0 Å². The molecule has 5 atom stereocenters. The van der Waals surface area contributed by atoms with E-state index < -0.39 is 105 Å². The number of rotatable bonds is 21. The van der Waals surface area contributed by atoms with Gasteiger partial charge in [-0.25, -0.2) is 9.59 Å². The molecular formula is C54H85N5O12. The molecule has 2 rings (SSSR count). The zero-order chi connectivity index (χ0) is 54.9. The number of carbonyl (C=O) groups is 8. The minimum absolute atomic E-state index is 0.126. The van der Waals surface area contributed by atoms with Crippen LogP contribution in [0, 0.1) is 17.3 Å². The fourth-order valence-corrected chi connectivity index (χ4v) is 8.30. The van der Waals surface area contributed by atoms with Crippen LogP contribution in [0.3, 0.4) is 0 Å². The minimum Gasteiger partial charge on any atom is -0.481 e. The summed E-state index contributed by atoms with van der Waals surface area (Å²) in [6.45, 7) is 29.7. The van der Waals surface area contributed by atoms with Gasteiger partial charge in [-0.2, -0.15) is 0 Å². The molecule has 1 aromatic carbocycles. The molecule has 0 fully saturated rings. The Morgan fingerprint density at radius 3 is 1.77 bits per heavy atom. The Kier molecular flexibility index (Phi) is 20.8. The van der Waals surface area contributed by atoms with Crippen molar-refractivity contribution < 1.29 is 57.7 Å². The number of amides is 4. The van der Waals surface area contributed by atoms with Crippen LogP contribution < -0.4 is 10.6 Å². The topological polar surface area (TPSA) is 220 Å². The van der Waals surface area contributed by atoms with Gasteiger partial charge < -0.3 is 39.4 Å². The number of aryl methyl sites for hydroxylation is 1. The normalized spacial score (nSPS) is 14.9. The van der Waals surface area contributed by atoms with Crippen molar-refractivity contribution in [3.8, 4) is 0 Å². The predicted octanol–water partition coefficient (Wildman–Crippen LogP) is 8.04. The second-order valence-corrected chi connectivity index (χ2v) is 23.7. The third-order valence-electron chi connectivity index (χ3n) is 11.9. The SMILES string of the molecule is C/C(=C\[C@H](C(C)C)N(C)C(=O)[C@@H](NC(=O)[C@@H](N(C)C(=O)OC(C)(C)C)C(C)(C)c1cn(C)c2ccccc12)C(C)(C)C)C(=O)N[C@H](CCC(=O)C[C@H](CCC(=O)O)C(=O)OC(C)(C)C)C(=O)OC(C)(C)C. The number of carboxylic acids is 1. The number of ketones is 1. The first-order chi connectivity index (χ1) is 32.2. The van der Waals surface area contributed by atoms with Gasteiger partial charge in [0.2, 0.25) is 17.7 Å². The number of hydrogen-bond acceptors (Lipinski definition) is 11. The fraction of sp³-hybridized carbons (Fsp3) is 0.667. The highest BCUT2D eigenvalue weighted by atomic mass is 16.6. The number of aliphatic carboxylic acids is 1. The van der Waals surface area contributed by atoms with E-state index in [1.165, 1.54) is 23.8 Å². The van der Waals surface area contributed by atoms with Crippen LogP contribution >= 0.6 is 0 Å². The summed E-state index contributed by atoms with van der Waals surface area (Å²) in [5.41, 5.74) is -2.70. The largest absolute Gasteiger partial charge is 0.481 e. The van der Waals surface area contributed by atoms with Crippen molar-refractivity contribution in [2.75, 3.05) is 14.1 Å². The number of nitrogens with zero attached hydrogens (tertiary/aromatic N) is 3. The lowest BCUT2D eigenvalue weighted by Gasteiger charge is -2.42. The zero-order valence-electron chi connectivity index (χ0n) is 46.2. The first-order valence-electron chi connectivity index (χ1n) is 24.4. The van der Waals surface area contributed by atoms with E-state index in [4.69, 9.17) is 14.2 Å². The van der Waals surface area contributed by atoms with Gasteiger partial charge in [0.1, 0.15) is 40.7 Å². The Morgan fingerprint density at radius 2 is 1.27 bits per heavy atom. The van der Waals surface area contributed by atoms with E-state index >= 15 is 0 Å². The van der Waals surface area contributed by atoms with Crippen molar-refractivity contribution in [2.45, 2.75) is 196 Å². The highest BCUT2D eigenvalue weighted by Crippen LogP contribution is 2.37. The number of esters is 2. The van der Waals surface area contributed by atoms with E-state index in [0.29, 0.717) is 0 Å². The molecule has 0 spiro atoms. The monoisotopic (exact) mass is 996 g/mol. The lowest BCUT2D eigenvalue weighted by atomic mass is 9.76. The third kappa shape index (κ3) is 18.4. The molecular weight excluding hydrogens is 911 g/mol. The second kappa shape index (κ2) is 24.1. The number of benzene rings is 1. The molecule has 0 radical (unpaired) electrons. The summed E-state index contributed by atoms with van der Waals surface area (Å²) in [5.74, 6) is -6.10. The maximum absolute atomic E-state index is 15.0. The van der Waals surface area contributed by atoms with Gasteiger partial charge in [-0.1, -0.05) is 72.7 Å². The number of ether oxygens (including phenoxy) is 3. The van der Waals surface area contributed by atoms with Crippen LogP contribution in [-0.2, 0) is 60.2 Å². The van der Waals surface area contributed by atoms with Crippen molar-refractivity contribution in [3.63, 3.8) is 0 Å². The number of hydrogen-bond donors (Lipinski definition) is 3. The van der Waals surface area contributed by atoms with E-state index in [2.05, 4.69) is 10.6 Å². The van der Waals surface area contributed by atoms with E-state index in [-0.39, 0.29) is 43.6 Å². The number of nitrogens with one attached hydrogen (secondary N) is 2. The third-order valence-corrected chi connectivity index (χ3v) is 11.9. The smallest absolute Gasteiger partial charge is 0.410 e. The fourth-order valence-electron chi connectivity index (χ4n) is 8.30. The average molecular weight is 996 g/mol. The highest BCUT2D eigenvalue weighted by molar-refractivity contribution is 5.97. The second-order valence-electron chi connectivity index (χ2n) is 23.7. The zero-order valence-corrected chi connectivity index (χ0v) is 46.2. The van der Waals surface area contributed by atoms with E-state index in [9.17, 15) is 43.5 Å². The van der Waals surface area contributed by atoms with E-state index in [1.807, 2.05) is 90.5 Å². The van der Waals surface area contributed by atoms with Crippen molar-refractivity contribution in [2.24, 2.45) is 24.3 Å². The van der Waals surface area contributed by atoms with E-state index in [1.54, 1.807) is 75.4 Å². The predicted molar refractivity (Wildman–Crippen MR) is 273 cm³/mol. The van der Waals surface area contributed by atoms with Gasteiger partial charge in [0.15, 0.2) is 0 Å². The number of Topliss-reactive ketones (excluding diaryl/α,β-unsaturated/α-hetero) is 1. The molecule has 0 bridgehead atoms. The molecule has 2 aromatic rings. The van der Waals surface area contributed by atoms with Crippen LogP contribution in [-0.4, -0.2) is 122 Å². The van der Waals surface area contributed by atoms with Gasteiger partial charge in [0.05, 0.1) is 12.0 Å². The number of para-hydroxylation sites is 1. The molecule has 17 nitrogen and oxygen atoms in total. The van der Waals surface area contributed by atoms with Crippen molar-refractivity contribution in [1.82, 2.24) is 25.0 Å². The van der Waals surface area contributed by atoms with Crippen molar-refractivity contribution in [3.05, 3.63) is 47.7 Å². The van der Waals surface area contributed by atoms with Crippen LogP contribution in [0.2, 0.25) is 0 Å². The van der Waals surface area contributed by atoms with Gasteiger partial charge in [0.25, 0.3) is 0 Å². The molecule has 17 heteroatoms. The lowest BCUT2D eigenvalue weighted by Crippen LogP contribution is -2.63. The number of fused-ring (bicyclic) bond motifs is 1. The molecule has 0 aliphatic rings. The van der Waals surface area contributed by atoms with Gasteiger partial charge in [0, 0.05) is 68.5 Å². The van der Waals surface area contributed by atoms with E-state index in [0.717, 1.165) is 16.5 Å². The number of likely N-dealkylation sites (N-methyl/N-ethyl adjacent to an activating group) is 2. The minimum atomic E-state index is -1.30. The summed E-state index contributed by atoms with van der Waals surface area (Å²) >= 11 is 0. The molecule has 398 valence electrons. The highest BCUT2D eigenvalue weighted by Gasteiger charge is 2.47. The summed E-state index contributed by atoms with van der Waals surface area (Å²) < 4.78 is 18.8. The van der Waals surface area contributed by atoms with Crippen LogP contribution in [0.1, 0.15) is 155 Å². The van der Waals surface area contributed by atoms with Crippen LogP contribution in [0.15, 0.2) is 42.1 Å².